The van der Waals surface area contributed by atoms with Gasteiger partial charge in [-0.1, -0.05) is 30.3 Å². The fourth-order valence-electron chi connectivity index (χ4n) is 2.26. The van der Waals surface area contributed by atoms with Crippen molar-refractivity contribution in [1.29, 1.82) is 0 Å². The van der Waals surface area contributed by atoms with Gasteiger partial charge in [-0.15, -0.1) is 0 Å². The van der Waals surface area contributed by atoms with E-state index in [9.17, 15) is 8.78 Å². The van der Waals surface area contributed by atoms with Gasteiger partial charge < -0.3 is 10.5 Å². The Labute approximate surface area is 117 Å². The number of hydrogen-bond acceptors (Lipinski definition) is 2. The first-order chi connectivity index (χ1) is 9.67. The van der Waals surface area contributed by atoms with Crippen LogP contribution < -0.4 is 10.5 Å². The minimum Gasteiger partial charge on any atom is -0.494 e. The van der Waals surface area contributed by atoms with Crippen molar-refractivity contribution in [3.8, 4) is 5.75 Å². The number of ether oxygens (including phenoxy) is 1. The SMILES string of the molecule is COc1cccc(CC(CN)c2ccccc2F)c1F. The van der Waals surface area contributed by atoms with E-state index >= 15 is 0 Å². The van der Waals surface area contributed by atoms with E-state index in [0.717, 1.165) is 0 Å². The Morgan fingerprint density at radius 1 is 1.10 bits per heavy atom. The van der Waals surface area contributed by atoms with Crippen molar-refractivity contribution >= 4 is 0 Å². The fourth-order valence-corrected chi connectivity index (χ4v) is 2.26. The number of nitrogens with two attached hydrogens (primary N) is 1. The molecule has 0 saturated carbocycles. The first-order valence-corrected chi connectivity index (χ1v) is 6.43. The summed E-state index contributed by atoms with van der Waals surface area (Å²) in [5.74, 6) is -0.805. The summed E-state index contributed by atoms with van der Waals surface area (Å²) in [6.45, 7) is 0.248. The smallest absolute Gasteiger partial charge is 0.168 e. The highest BCUT2D eigenvalue weighted by atomic mass is 19.1. The number of halogens is 2. The molecule has 0 bridgehead atoms. The lowest BCUT2D eigenvalue weighted by Crippen LogP contribution is -2.17. The van der Waals surface area contributed by atoms with Crippen molar-refractivity contribution in [2.75, 3.05) is 13.7 Å². The van der Waals surface area contributed by atoms with Crippen LogP contribution in [0.1, 0.15) is 17.0 Å². The van der Waals surface area contributed by atoms with Gasteiger partial charge in [0.25, 0.3) is 0 Å². The second-order valence-electron chi connectivity index (χ2n) is 4.59. The molecular formula is C16H17F2NO. The van der Waals surface area contributed by atoms with Crippen molar-refractivity contribution in [1.82, 2.24) is 0 Å². The molecule has 2 aromatic carbocycles. The van der Waals surface area contributed by atoms with E-state index in [2.05, 4.69) is 0 Å². The Hall–Kier alpha value is -1.94. The van der Waals surface area contributed by atoms with Gasteiger partial charge in [-0.25, -0.2) is 8.78 Å². The number of hydrogen-bond donors (Lipinski definition) is 1. The fraction of sp³-hybridized carbons (Fsp3) is 0.250. The Kier molecular flexibility index (Phi) is 4.69. The molecule has 20 heavy (non-hydrogen) atoms. The second-order valence-corrected chi connectivity index (χ2v) is 4.59. The van der Waals surface area contributed by atoms with Crippen LogP contribution in [-0.4, -0.2) is 13.7 Å². The summed E-state index contributed by atoms with van der Waals surface area (Å²) in [5.41, 5.74) is 6.71. The third kappa shape index (κ3) is 2.96. The van der Waals surface area contributed by atoms with Gasteiger partial charge >= 0.3 is 0 Å². The molecule has 1 unspecified atom stereocenters. The summed E-state index contributed by atoms with van der Waals surface area (Å²) in [4.78, 5) is 0. The lowest BCUT2D eigenvalue weighted by atomic mass is 9.91. The molecular weight excluding hydrogens is 260 g/mol. The Balaban J connectivity index is 2.30. The maximum absolute atomic E-state index is 14.1. The summed E-state index contributed by atoms with van der Waals surface area (Å²) >= 11 is 0. The van der Waals surface area contributed by atoms with Gasteiger partial charge in [-0.05, 0) is 36.2 Å². The van der Waals surface area contributed by atoms with Gasteiger partial charge in [0.05, 0.1) is 7.11 Å². The first kappa shape index (κ1) is 14.5. The van der Waals surface area contributed by atoms with Crippen LogP contribution in [0.2, 0.25) is 0 Å². The van der Waals surface area contributed by atoms with Crippen LogP contribution in [0.25, 0.3) is 0 Å². The van der Waals surface area contributed by atoms with Gasteiger partial charge in [0, 0.05) is 5.92 Å². The monoisotopic (exact) mass is 277 g/mol. The molecule has 0 aromatic heterocycles. The summed E-state index contributed by atoms with van der Waals surface area (Å²) < 4.78 is 32.9. The summed E-state index contributed by atoms with van der Waals surface area (Å²) in [6.07, 6.45) is 0.334. The van der Waals surface area contributed by atoms with Crippen LogP contribution in [-0.2, 0) is 6.42 Å². The van der Waals surface area contributed by atoms with Crippen molar-refractivity contribution in [2.45, 2.75) is 12.3 Å². The molecule has 2 aromatic rings. The normalized spacial score (nSPS) is 12.2. The van der Waals surface area contributed by atoms with Crippen molar-refractivity contribution < 1.29 is 13.5 Å². The molecule has 4 heteroatoms. The van der Waals surface area contributed by atoms with Crippen LogP contribution in [0.5, 0.6) is 5.75 Å². The molecule has 2 rings (SSSR count). The zero-order valence-electron chi connectivity index (χ0n) is 11.3. The summed E-state index contributed by atoms with van der Waals surface area (Å²) in [5, 5.41) is 0. The third-order valence-corrected chi connectivity index (χ3v) is 3.36. The predicted octanol–water partition coefficient (Wildman–Crippen LogP) is 3.26. The molecule has 0 aliphatic heterocycles. The molecule has 0 aliphatic carbocycles. The van der Waals surface area contributed by atoms with E-state index < -0.39 is 5.82 Å². The highest BCUT2D eigenvalue weighted by Gasteiger charge is 2.18. The maximum Gasteiger partial charge on any atom is 0.168 e. The molecule has 0 amide bonds. The predicted molar refractivity (Wildman–Crippen MR) is 74.9 cm³/mol. The van der Waals surface area contributed by atoms with Crippen molar-refractivity contribution in [3.05, 3.63) is 65.2 Å². The van der Waals surface area contributed by atoms with Crippen LogP contribution in [0.15, 0.2) is 42.5 Å². The Morgan fingerprint density at radius 2 is 1.85 bits per heavy atom. The van der Waals surface area contributed by atoms with Crippen LogP contribution >= 0.6 is 0 Å². The molecule has 0 heterocycles. The molecule has 0 spiro atoms. The third-order valence-electron chi connectivity index (χ3n) is 3.36. The van der Waals surface area contributed by atoms with Gasteiger partial charge in [-0.2, -0.15) is 0 Å². The van der Waals surface area contributed by atoms with E-state index in [-0.39, 0.29) is 24.0 Å². The lowest BCUT2D eigenvalue weighted by Gasteiger charge is -2.17. The molecule has 2 N–H and O–H groups in total. The maximum atomic E-state index is 14.1. The largest absolute Gasteiger partial charge is 0.494 e. The molecule has 0 saturated heterocycles. The molecule has 2 nitrogen and oxygen atoms in total. The van der Waals surface area contributed by atoms with Crippen LogP contribution in [0.4, 0.5) is 8.78 Å². The molecule has 0 radical (unpaired) electrons. The molecule has 106 valence electrons. The Bertz CT molecular complexity index is 586. The molecule has 1 atom stereocenters. The average Bonchev–Trinajstić information content (AvgIpc) is 2.47. The van der Waals surface area contributed by atoms with Gasteiger partial charge in [0.15, 0.2) is 11.6 Å². The summed E-state index contributed by atoms with van der Waals surface area (Å²) in [6, 6.07) is 11.4. The van der Waals surface area contributed by atoms with Crippen molar-refractivity contribution in [2.24, 2.45) is 5.73 Å². The highest BCUT2D eigenvalue weighted by molar-refractivity contribution is 5.33. The van der Waals surface area contributed by atoms with Gasteiger partial charge in [-0.3, -0.25) is 0 Å². The zero-order valence-corrected chi connectivity index (χ0v) is 11.3. The Morgan fingerprint density at radius 3 is 2.50 bits per heavy atom. The minimum absolute atomic E-state index is 0.187. The van der Waals surface area contributed by atoms with Gasteiger partial charge in [0.1, 0.15) is 5.82 Å². The van der Waals surface area contributed by atoms with Crippen LogP contribution in [0.3, 0.4) is 0 Å². The highest BCUT2D eigenvalue weighted by Crippen LogP contribution is 2.27. The zero-order chi connectivity index (χ0) is 14.5. The van der Waals surface area contributed by atoms with Crippen molar-refractivity contribution in [3.63, 3.8) is 0 Å². The minimum atomic E-state index is -0.412. The van der Waals surface area contributed by atoms with E-state index in [0.29, 0.717) is 17.5 Å². The summed E-state index contributed by atoms with van der Waals surface area (Å²) in [7, 11) is 1.42. The lowest BCUT2D eigenvalue weighted by molar-refractivity contribution is 0.383. The quantitative estimate of drug-likeness (QED) is 0.910. The average molecular weight is 277 g/mol. The second kappa shape index (κ2) is 6.48. The van der Waals surface area contributed by atoms with E-state index in [1.54, 1.807) is 36.4 Å². The van der Waals surface area contributed by atoms with Gasteiger partial charge in [0.2, 0.25) is 0 Å². The van der Waals surface area contributed by atoms with E-state index in [1.807, 2.05) is 0 Å². The van der Waals surface area contributed by atoms with Crippen LogP contribution in [0, 0.1) is 11.6 Å². The topological polar surface area (TPSA) is 35.2 Å². The van der Waals surface area contributed by atoms with E-state index in [1.165, 1.54) is 13.2 Å². The number of benzene rings is 2. The standard InChI is InChI=1S/C16H17F2NO/c1-20-15-8-4-5-11(16(15)18)9-12(10-19)13-6-2-3-7-14(13)17/h2-8,12H,9-10,19H2,1H3. The molecule has 0 aliphatic rings. The molecule has 0 fully saturated rings. The number of methoxy groups -OCH3 is 1. The first-order valence-electron chi connectivity index (χ1n) is 6.43. The van der Waals surface area contributed by atoms with E-state index in [4.69, 9.17) is 10.5 Å². The number of rotatable bonds is 5.